The van der Waals surface area contributed by atoms with E-state index in [1.54, 1.807) is 11.8 Å². The first kappa shape index (κ1) is 12.5. The molecule has 0 atom stereocenters. The summed E-state index contributed by atoms with van der Waals surface area (Å²) < 4.78 is 2.08. The molecule has 0 bridgehead atoms. The zero-order chi connectivity index (χ0) is 14.2. The number of para-hydroxylation sites is 2. The van der Waals surface area contributed by atoms with Crippen LogP contribution in [0.25, 0.3) is 16.8 Å². The van der Waals surface area contributed by atoms with Crippen molar-refractivity contribution in [3.05, 3.63) is 59.7 Å². The maximum Gasteiger partial charge on any atom is 0.231 e. The number of H-pyrrole nitrogens is 1. The third-order valence-corrected chi connectivity index (χ3v) is 4.50. The molecule has 4 rings (SSSR count). The fourth-order valence-electron chi connectivity index (χ4n) is 2.37. The van der Waals surface area contributed by atoms with Crippen molar-refractivity contribution in [1.29, 1.82) is 0 Å². The molecule has 0 aliphatic carbocycles. The van der Waals surface area contributed by atoms with E-state index in [4.69, 9.17) is 0 Å². The van der Waals surface area contributed by atoms with Crippen LogP contribution in [0.5, 0.6) is 0 Å². The fraction of sp³-hybridized carbons (Fsp3) is 0.125. The lowest BCUT2D eigenvalue weighted by Gasteiger charge is -2.01. The first-order valence-corrected chi connectivity index (χ1v) is 7.80. The average molecular weight is 294 g/mol. The van der Waals surface area contributed by atoms with Crippen molar-refractivity contribution < 1.29 is 0 Å². The second kappa shape index (κ2) is 4.93. The largest absolute Gasteiger partial charge is 0.254 e. The first-order valence-electron chi connectivity index (χ1n) is 6.81. The number of nitrogens with one attached hydrogen (secondary N) is 1. The smallest absolute Gasteiger partial charge is 0.231 e. The Morgan fingerprint density at radius 3 is 2.76 bits per heavy atom. The SMILES string of the molecule is Cc1ccc(CSc2n[nH]c3nc4ccccc4n23)cc1. The number of aromatic nitrogens is 4. The van der Waals surface area contributed by atoms with E-state index in [1.165, 1.54) is 11.1 Å². The highest BCUT2D eigenvalue weighted by molar-refractivity contribution is 7.98. The van der Waals surface area contributed by atoms with Gasteiger partial charge in [0.25, 0.3) is 0 Å². The quantitative estimate of drug-likeness (QED) is 0.584. The topological polar surface area (TPSA) is 46.0 Å². The Kier molecular flexibility index (Phi) is 2.93. The summed E-state index contributed by atoms with van der Waals surface area (Å²) >= 11 is 1.72. The van der Waals surface area contributed by atoms with E-state index in [1.807, 2.05) is 18.2 Å². The summed E-state index contributed by atoms with van der Waals surface area (Å²) in [6.45, 7) is 2.10. The number of imidazole rings is 1. The summed E-state index contributed by atoms with van der Waals surface area (Å²) in [6.07, 6.45) is 0. The minimum atomic E-state index is 0.794. The Bertz CT molecular complexity index is 905. The van der Waals surface area contributed by atoms with Crippen LogP contribution in [-0.2, 0) is 5.75 Å². The van der Waals surface area contributed by atoms with Crippen LogP contribution >= 0.6 is 11.8 Å². The molecular weight excluding hydrogens is 280 g/mol. The van der Waals surface area contributed by atoms with Crippen LogP contribution in [-0.4, -0.2) is 19.6 Å². The standard InChI is InChI=1S/C16H14N4S/c1-11-6-8-12(9-7-11)10-21-16-19-18-15-17-13-4-2-3-5-14(13)20(15)16/h2-9H,10H2,1H3,(H,17,18). The number of nitrogens with zero attached hydrogens (tertiary/aromatic N) is 3. The van der Waals surface area contributed by atoms with Crippen LogP contribution in [0.2, 0.25) is 0 Å². The summed E-state index contributed by atoms with van der Waals surface area (Å²) in [5.74, 6) is 1.69. The summed E-state index contributed by atoms with van der Waals surface area (Å²) in [5.41, 5.74) is 4.66. The summed E-state index contributed by atoms with van der Waals surface area (Å²) in [4.78, 5) is 4.53. The van der Waals surface area contributed by atoms with Gasteiger partial charge in [0.2, 0.25) is 5.78 Å². The van der Waals surface area contributed by atoms with E-state index in [2.05, 4.69) is 56.8 Å². The number of benzene rings is 2. The van der Waals surface area contributed by atoms with Gasteiger partial charge in [0, 0.05) is 5.75 Å². The van der Waals surface area contributed by atoms with Gasteiger partial charge in [0.15, 0.2) is 5.16 Å². The van der Waals surface area contributed by atoms with Crippen molar-refractivity contribution in [3.63, 3.8) is 0 Å². The second-order valence-corrected chi connectivity index (χ2v) is 5.98. The molecule has 0 aliphatic rings. The Morgan fingerprint density at radius 1 is 1.10 bits per heavy atom. The van der Waals surface area contributed by atoms with Gasteiger partial charge < -0.3 is 0 Å². The van der Waals surface area contributed by atoms with E-state index in [0.717, 1.165) is 27.7 Å². The molecule has 5 heteroatoms. The molecule has 2 heterocycles. The molecule has 4 aromatic rings. The zero-order valence-electron chi connectivity index (χ0n) is 11.6. The number of hydrogen-bond acceptors (Lipinski definition) is 3. The van der Waals surface area contributed by atoms with E-state index in [-0.39, 0.29) is 0 Å². The minimum Gasteiger partial charge on any atom is -0.254 e. The predicted octanol–water partition coefficient (Wildman–Crippen LogP) is 3.81. The summed E-state index contributed by atoms with van der Waals surface area (Å²) in [5, 5.41) is 8.32. The van der Waals surface area contributed by atoms with Gasteiger partial charge in [0.05, 0.1) is 11.0 Å². The second-order valence-electron chi connectivity index (χ2n) is 5.04. The molecule has 1 N–H and O–H groups in total. The van der Waals surface area contributed by atoms with Gasteiger partial charge in [0.1, 0.15) is 0 Å². The van der Waals surface area contributed by atoms with Crippen LogP contribution in [0.1, 0.15) is 11.1 Å². The maximum absolute atomic E-state index is 4.53. The summed E-state index contributed by atoms with van der Waals surface area (Å²) in [7, 11) is 0. The molecule has 0 saturated heterocycles. The molecular formula is C16H14N4S. The molecule has 0 unspecified atom stereocenters. The number of rotatable bonds is 3. The van der Waals surface area contributed by atoms with Crippen LogP contribution in [0.3, 0.4) is 0 Å². The molecule has 0 spiro atoms. The molecule has 0 amide bonds. The Morgan fingerprint density at radius 2 is 1.90 bits per heavy atom. The molecule has 2 aromatic heterocycles. The number of hydrogen-bond donors (Lipinski definition) is 1. The summed E-state index contributed by atoms with van der Waals surface area (Å²) in [6, 6.07) is 16.7. The molecule has 21 heavy (non-hydrogen) atoms. The van der Waals surface area contributed by atoms with Crippen molar-refractivity contribution in [3.8, 4) is 0 Å². The first-order chi connectivity index (χ1) is 10.3. The van der Waals surface area contributed by atoms with Gasteiger partial charge in [-0.2, -0.15) is 0 Å². The van der Waals surface area contributed by atoms with Gasteiger partial charge in [-0.25, -0.2) is 10.1 Å². The normalized spacial score (nSPS) is 11.5. The minimum absolute atomic E-state index is 0.794. The van der Waals surface area contributed by atoms with E-state index in [0.29, 0.717) is 0 Å². The van der Waals surface area contributed by atoms with Gasteiger partial charge in [-0.05, 0) is 24.6 Å². The lowest BCUT2D eigenvalue weighted by atomic mass is 10.2. The highest BCUT2D eigenvalue weighted by atomic mass is 32.2. The lowest BCUT2D eigenvalue weighted by Crippen LogP contribution is -1.87. The number of aryl methyl sites for hydroxylation is 1. The van der Waals surface area contributed by atoms with E-state index >= 15 is 0 Å². The average Bonchev–Trinajstić information content (AvgIpc) is 3.06. The zero-order valence-corrected chi connectivity index (χ0v) is 12.4. The Balaban J connectivity index is 1.68. The van der Waals surface area contributed by atoms with E-state index < -0.39 is 0 Å². The van der Waals surface area contributed by atoms with Crippen molar-refractivity contribution in [2.75, 3.05) is 0 Å². The Labute approximate surface area is 126 Å². The van der Waals surface area contributed by atoms with E-state index in [9.17, 15) is 0 Å². The van der Waals surface area contributed by atoms with Crippen molar-refractivity contribution in [2.45, 2.75) is 17.8 Å². The molecule has 0 saturated carbocycles. The molecule has 0 radical (unpaired) electrons. The van der Waals surface area contributed by atoms with Crippen molar-refractivity contribution in [1.82, 2.24) is 19.6 Å². The predicted molar refractivity (Wildman–Crippen MR) is 85.6 cm³/mol. The van der Waals surface area contributed by atoms with Crippen LogP contribution in [0.4, 0.5) is 0 Å². The van der Waals surface area contributed by atoms with Crippen molar-refractivity contribution in [2.24, 2.45) is 0 Å². The maximum atomic E-state index is 4.53. The third kappa shape index (κ3) is 2.19. The van der Waals surface area contributed by atoms with Crippen molar-refractivity contribution >= 4 is 28.6 Å². The van der Waals surface area contributed by atoms with Gasteiger partial charge in [-0.1, -0.05) is 53.7 Å². The highest BCUT2D eigenvalue weighted by Crippen LogP contribution is 2.25. The molecule has 0 aliphatic heterocycles. The fourth-order valence-corrected chi connectivity index (χ4v) is 3.28. The van der Waals surface area contributed by atoms with Gasteiger partial charge in [-0.15, -0.1) is 5.10 Å². The van der Waals surface area contributed by atoms with Gasteiger partial charge in [-0.3, -0.25) is 4.40 Å². The van der Waals surface area contributed by atoms with Gasteiger partial charge >= 0.3 is 0 Å². The number of fused-ring (bicyclic) bond motifs is 3. The number of aromatic amines is 1. The lowest BCUT2D eigenvalue weighted by molar-refractivity contribution is 0.940. The molecule has 0 fully saturated rings. The van der Waals surface area contributed by atoms with Crippen LogP contribution < -0.4 is 0 Å². The third-order valence-electron chi connectivity index (χ3n) is 3.49. The monoisotopic (exact) mass is 294 g/mol. The molecule has 4 nitrogen and oxygen atoms in total. The number of thioether (sulfide) groups is 1. The molecule has 104 valence electrons. The molecule has 2 aromatic carbocycles. The highest BCUT2D eigenvalue weighted by Gasteiger charge is 2.11. The van der Waals surface area contributed by atoms with Crippen LogP contribution in [0.15, 0.2) is 53.7 Å². The Hall–Kier alpha value is -2.27. The van der Waals surface area contributed by atoms with Crippen LogP contribution in [0, 0.1) is 6.92 Å².